The molecule has 34 heavy (non-hydrogen) atoms. The molecule has 0 atom stereocenters. The van der Waals surface area contributed by atoms with Crippen molar-refractivity contribution in [2.75, 3.05) is 0 Å². The minimum absolute atomic E-state index is 0.0817. The maximum atomic E-state index is 12.8. The molecule has 0 aliphatic carbocycles. The largest absolute Gasteiger partial charge is 0.238 e. The van der Waals surface area contributed by atoms with Gasteiger partial charge in [0.15, 0.2) is 0 Å². The van der Waals surface area contributed by atoms with Crippen molar-refractivity contribution in [3.05, 3.63) is 39.4 Å². The third-order valence-corrected chi connectivity index (χ3v) is 10.1. The molecule has 0 fully saturated rings. The fourth-order valence-electron chi connectivity index (χ4n) is 5.42. The quantitative estimate of drug-likeness (QED) is 0.347. The van der Waals surface area contributed by atoms with Crippen LogP contribution >= 0.6 is 0 Å². The second-order valence-electron chi connectivity index (χ2n) is 8.86. The molecular formula is C22H25N3O6S3. The van der Waals surface area contributed by atoms with Gasteiger partial charge < -0.3 is 0 Å². The van der Waals surface area contributed by atoms with Crippen LogP contribution in [0.15, 0.2) is 20.8 Å². The minimum atomic E-state index is -4.41. The van der Waals surface area contributed by atoms with E-state index in [1.807, 2.05) is 0 Å². The molecule has 4 rings (SSSR count). The average molecular weight is 524 g/mol. The molecule has 9 nitrogen and oxygen atoms in total. The van der Waals surface area contributed by atoms with Crippen LogP contribution in [0.1, 0.15) is 33.4 Å². The smallest absolute Gasteiger partial charge is 0.225 e. The highest BCUT2D eigenvalue weighted by Crippen LogP contribution is 2.49. The number of benzene rings is 4. The van der Waals surface area contributed by atoms with Crippen molar-refractivity contribution in [2.24, 2.45) is 15.4 Å². The summed E-state index contributed by atoms with van der Waals surface area (Å²) in [5, 5.41) is 18.9. The van der Waals surface area contributed by atoms with E-state index >= 15 is 0 Å². The van der Waals surface area contributed by atoms with Crippen LogP contribution in [0, 0.1) is 41.5 Å². The Morgan fingerprint density at radius 2 is 0.853 bits per heavy atom. The van der Waals surface area contributed by atoms with Crippen molar-refractivity contribution in [2.45, 2.75) is 56.2 Å². The number of nitrogens with two attached hydrogens (primary N) is 3. The van der Waals surface area contributed by atoms with Gasteiger partial charge in [0.2, 0.25) is 30.1 Å². The zero-order chi connectivity index (χ0) is 25.9. The first-order valence-electron chi connectivity index (χ1n) is 10.1. The van der Waals surface area contributed by atoms with E-state index in [9.17, 15) is 25.3 Å². The standard InChI is InChI=1S/C22H25N3O6S3/c1-8-7-14-18-16(22(34(25,30)31)13(6)20(14)32(23,26)27)9(2)10(3)17-19(18)15(8)11(4)12(5)21(17)33(24,28)29/h7H,1-6H3,(H2,23,26,27)(H2,24,28,29)(H2,25,30,31). The monoisotopic (exact) mass is 523 g/mol. The van der Waals surface area contributed by atoms with Gasteiger partial charge in [0, 0.05) is 21.5 Å². The first kappa shape index (κ1) is 24.8. The van der Waals surface area contributed by atoms with Gasteiger partial charge in [0.05, 0.1) is 14.7 Å². The molecule has 6 N–H and O–H groups in total. The van der Waals surface area contributed by atoms with Crippen molar-refractivity contribution in [3.8, 4) is 0 Å². The van der Waals surface area contributed by atoms with Gasteiger partial charge in [0.25, 0.3) is 0 Å². The number of sulfonamides is 3. The van der Waals surface area contributed by atoms with Crippen LogP contribution in [0.5, 0.6) is 0 Å². The lowest BCUT2D eigenvalue weighted by atomic mass is 9.83. The van der Waals surface area contributed by atoms with Crippen molar-refractivity contribution in [3.63, 3.8) is 0 Å². The summed E-state index contributed by atoms with van der Waals surface area (Å²) in [7, 11) is -13.0. The van der Waals surface area contributed by atoms with E-state index in [-0.39, 0.29) is 36.4 Å². The van der Waals surface area contributed by atoms with E-state index < -0.39 is 30.1 Å². The van der Waals surface area contributed by atoms with E-state index in [2.05, 4.69) is 0 Å². The number of rotatable bonds is 3. The van der Waals surface area contributed by atoms with Gasteiger partial charge in [-0.3, -0.25) is 0 Å². The number of hydrogen-bond acceptors (Lipinski definition) is 6. The van der Waals surface area contributed by atoms with E-state index in [1.54, 1.807) is 40.7 Å². The summed E-state index contributed by atoms with van der Waals surface area (Å²) in [6, 6.07) is 1.64. The summed E-state index contributed by atoms with van der Waals surface area (Å²) in [5.41, 5.74) is 2.64. The molecule has 182 valence electrons. The van der Waals surface area contributed by atoms with Crippen molar-refractivity contribution >= 4 is 62.4 Å². The molecule has 0 saturated carbocycles. The Morgan fingerprint density at radius 3 is 1.29 bits per heavy atom. The average Bonchev–Trinajstić information content (AvgIpc) is 2.63. The first-order chi connectivity index (χ1) is 15.3. The number of primary sulfonamides is 3. The molecule has 0 heterocycles. The molecule has 0 amide bonds. The third kappa shape index (κ3) is 3.17. The Balaban J connectivity index is 2.69. The van der Waals surface area contributed by atoms with Crippen LogP contribution in [-0.4, -0.2) is 25.3 Å². The van der Waals surface area contributed by atoms with Gasteiger partial charge >= 0.3 is 0 Å². The minimum Gasteiger partial charge on any atom is -0.225 e. The van der Waals surface area contributed by atoms with Gasteiger partial charge in [0.1, 0.15) is 0 Å². The molecule has 4 aromatic carbocycles. The zero-order valence-corrected chi connectivity index (χ0v) is 21.9. The lowest BCUT2D eigenvalue weighted by Gasteiger charge is -2.26. The summed E-state index contributed by atoms with van der Waals surface area (Å²) < 4.78 is 76.5. The fourth-order valence-corrected chi connectivity index (χ4v) is 8.67. The van der Waals surface area contributed by atoms with Gasteiger partial charge in [-0.25, -0.2) is 40.7 Å². The van der Waals surface area contributed by atoms with E-state index in [1.165, 1.54) is 6.92 Å². The van der Waals surface area contributed by atoms with Crippen LogP contribution < -0.4 is 15.4 Å². The molecule has 0 saturated heterocycles. The molecule has 12 heteroatoms. The Morgan fingerprint density at radius 1 is 0.471 bits per heavy atom. The predicted octanol–water partition coefficient (Wildman–Crippen LogP) is 2.38. The highest BCUT2D eigenvalue weighted by molar-refractivity contribution is 7.90. The molecular weight excluding hydrogens is 498 g/mol. The van der Waals surface area contributed by atoms with Crippen molar-refractivity contribution < 1.29 is 25.3 Å². The van der Waals surface area contributed by atoms with Gasteiger partial charge in [-0.1, -0.05) is 0 Å². The summed E-state index contributed by atoms with van der Waals surface area (Å²) in [5.74, 6) is 0. The van der Waals surface area contributed by atoms with Gasteiger partial charge in [-0.2, -0.15) is 0 Å². The third-order valence-electron chi connectivity index (χ3n) is 6.85. The Bertz CT molecular complexity index is 1930. The fraction of sp³-hybridized carbons (Fsp3) is 0.273. The molecule has 4 aromatic rings. The normalized spacial score (nSPS) is 13.6. The predicted molar refractivity (Wildman–Crippen MR) is 133 cm³/mol. The Hall–Kier alpha value is -2.35. The van der Waals surface area contributed by atoms with Crippen LogP contribution in [0.4, 0.5) is 0 Å². The van der Waals surface area contributed by atoms with Crippen LogP contribution in [0.3, 0.4) is 0 Å². The first-order valence-corrected chi connectivity index (χ1v) is 14.8. The van der Waals surface area contributed by atoms with E-state index in [0.29, 0.717) is 44.0 Å². The second-order valence-corrected chi connectivity index (χ2v) is 13.4. The highest BCUT2D eigenvalue weighted by Gasteiger charge is 2.33. The summed E-state index contributed by atoms with van der Waals surface area (Å²) in [6.07, 6.45) is 0. The number of aryl methyl sites for hydroxylation is 4. The van der Waals surface area contributed by atoms with Gasteiger partial charge in [-0.15, -0.1) is 0 Å². The molecule has 0 radical (unpaired) electrons. The lowest BCUT2D eigenvalue weighted by molar-refractivity contribution is 0.594. The van der Waals surface area contributed by atoms with Crippen molar-refractivity contribution in [1.29, 1.82) is 0 Å². The Kier molecular flexibility index (Phi) is 5.16. The van der Waals surface area contributed by atoms with Crippen molar-refractivity contribution in [1.82, 2.24) is 0 Å². The van der Waals surface area contributed by atoms with E-state index in [0.717, 1.165) is 0 Å². The van der Waals surface area contributed by atoms with Gasteiger partial charge in [-0.05, 0) is 91.8 Å². The molecule has 0 aliphatic heterocycles. The molecule has 0 aliphatic rings. The summed E-state index contributed by atoms with van der Waals surface area (Å²) >= 11 is 0. The molecule has 0 spiro atoms. The zero-order valence-electron chi connectivity index (χ0n) is 19.5. The molecule has 0 unspecified atom stereocenters. The van der Waals surface area contributed by atoms with Crippen LogP contribution in [0.25, 0.3) is 32.3 Å². The number of hydrogen-bond donors (Lipinski definition) is 3. The topological polar surface area (TPSA) is 180 Å². The SMILES string of the molecule is Cc1c(S(N)(=O)=O)c2cc(C)c3c(C)c(C)c(S(N)(=O)=O)c4c(C)c(C)c(c1S(N)(=O)=O)c2c34. The molecule has 0 bridgehead atoms. The maximum absolute atomic E-state index is 12.8. The van der Waals surface area contributed by atoms with Crippen LogP contribution in [-0.2, 0) is 30.1 Å². The summed E-state index contributed by atoms with van der Waals surface area (Å²) in [4.78, 5) is -0.803. The highest BCUT2D eigenvalue weighted by atomic mass is 32.2. The second kappa shape index (κ2) is 7.09. The lowest BCUT2D eigenvalue weighted by Crippen LogP contribution is -2.21. The maximum Gasteiger partial charge on any atom is 0.238 e. The van der Waals surface area contributed by atoms with Crippen LogP contribution in [0.2, 0.25) is 0 Å². The molecule has 0 aromatic heterocycles. The summed E-state index contributed by atoms with van der Waals surface area (Å²) in [6.45, 7) is 9.86. The van der Waals surface area contributed by atoms with E-state index in [4.69, 9.17) is 15.4 Å². The Labute approximate surface area is 198 Å².